The summed E-state index contributed by atoms with van der Waals surface area (Å²) in [7, 11) is 0. The van der Waals surface area contributed by atoms with Crippen molar-refractivity contribution >= 4 is 23.2 Å². The second-order valence-electron chi connectivity index (χ2n) is 3.02. The van der Waals surface area contributed by atoms with E-state index >= 15 is 0 Å². The van der Waals surface area contributed by atoms with Crippen LogP contribution in [0, 0.1) is 0 Å². The van der Waals surface area contributed by atoms with Crippen molar-refractivity contribution in [3.05, 3.63) is 22.2 Å². The zero-order valence-corrected chi connectivity index (χ0v) is 8.44. The van der Waals surface area contributed by atoms with E-state index in [0.29, 0.717) is 5.02 Å². The fraction of sp³-hybridized carbons (Fsp3) is 0.500. The third kappa shape index (κ3) is 1.93. The van der Waals surface area contributed by atoms with Gasteiger partial charge in [-0.05, 0) is 31.0 Å². The molecular weight excluding hydrogens is 209 g/mol. The Morgan fingerprint density at radius 1 is 1.46 bits per heavy atom. The summed E-state index contributed by atoms with van der Waals surface area (Å²) < 4.78 is 0. The predicted molar refractivity (Wildman–Crippen MR) is 52.0 cm³/mol. The van der Waals surface area contributed by atoms with E-state index in [4.69, 9.17) is 23.2 Å². The first kappa shape index (κ1) is 9.19. The van der Waals surface area contributed by atoms with Crippen LogP contribution in [0.4, 0.5) is 0 Å². The summed E-state index contributed by atoms with van der Waals surface area (Å²) in [6, 6.07) is 0.244. The van der Waals surface area contributed by atoms with E-state index in [-0.39, 0.29) is 11.3 Å². The molecule has 1 N–H and O–H groups in total. The van der Waals surface area contributed by atoms with E-state index in [1.165, 1.54) is 0 Å². The van der Waals surface area contributed by atoms with Gasteiger partial charge in [-0.25, -0.2) is 9.97 Å². The van der Waals surface area contributed by atoms with Crippen LogP contribution in [0.2, 0.25) is 10.3 Å². The first-order chi connectivity index (χ1) is 6.27. The van der Waals surface area contributed by atoms with Crippen molar-refractivity contribution in [2.24, 2.45) is 0 Å². The summed E-state index contributed by atoms with van der Waals surface area (Å²) in [5.74, 6) is 0. The summed E-state index contributed by atoms with van der Waals surface area (Å²) in [4.78, 5) is 7.92. The van der Waals surface area contributed by atoms with Crippen molar-refractivity contribution in [3.8, 4) is 0 Å². The van der Waals surface area contributed by atoms with Crippen LogP contribution in [-0.4, -0.2) is 16.5 Å². The number of aromatic nitrogens is 2. The summed E-state index contributed by atoms with van der Waals surface area (Å²) in [6.07, 6.45) is 3.77. The highest BCUT2D eigenvalue weighted by atomic mass is 35.5. The molecule has 0 amide bonds. The van der Waals surface area contributed by atoms with Gasteiger partial charge in [0.25, 0.3) is 0 Å². The number of hydrogen-bond donors (Lipinski definition) is 1. The summed E-state index contributed by atoms with van der Waals surface area (Å²) >= 11 is 11.6. The minimum atomic E-state index is 0.244. The molecule has 1 aliphatic heterocycles. The van der Waals surface area contributed by atoms with Crippen molar-refractivity contribution in [2.45, 2.75) is 18.9 Å². The van der Waals surface area contributed by atoms with Gasteiger partial charge in [-0.3, -0.25) is 0 Å². The van der Waals surface area contributed by atoms with Gasteiger partial charge in [0.1, 0.15) is 0 Å². The minimum Gasteiger partial charge on any atom is -0.309 e. The van der Waals surface area contributed by atoms with Crippen LogP contribution in [0.25, 0.3) is 0 Å². The van der Waals surface area contributed by atoms with Gasteiger partial charge in [-0.15, -0.1) is 0 Å². The minimum absolute atomic E-state index is 0.244. The number of nitrogens with one attached hydrogen (secondary N) is 1. The number of nitrogens with zero attached hydrogens (tertiary/aromatic N) is 2. The smallest absolute Gasteiger partial charge is 0.222 e. The molecule has 13 heavy (non-hydrogen) atoms. The number of rotatable bonds is 1. The Bertz CT molecular complexity index is 310. The first-order valence-electron chi connectivity index (χ1n) is 4.18. The zero-order valence-electron chi connectivity index (χ0n) is 6.93. The Morgan fingerprint density at radius 2 is 2.31 bits per heavy atom. The second kappa shape index (κ2) is 3.78. The third-order valence-electron chi connectivity index (χ3n) is 2.13. The zero-order chi connectivity index (χ0) is 9.26. The van der Waals surface area contributed by atoms with E-state index in [1.54, 1.807) is 6.20 Å². The molecule has 1 atom stereocenters. The van der Waals surface area contributed by atoms with Crippen molar-refractivity contribution in [1.29, 1.82) is 0 Å². The maximum Gasteiger partial charge on any atom is 0.222 e. The summed E-state index contributed by atoms with van der Waals surface area (Å²) in [6.45, 7) is 1.02. The lowest BCUT2D eigenvalue weighted by Crippen LogP contribution is -2.15. The maximum absolute atomic E-state index is 5.95. The fourth-order valence-corrected chi connectivity index (χ4v) is 1.88. The lowest BCUT2D eigenvalue weighted by atomic mass is 10.1. The van der Waals surface area contributed by atoms with E-state index in [9.17, 15) is 0 Å². The van der Waals surface area contributed by atoms with Gasteiger partial charge in [0, 0.05) is 0 Å². The van der Waals surface area contributed by atoms with Gasteiger partial charge in [0.15, 0.2) is 0 Å². The molecular formula is C8H9Cl2N3. The number of halogens is 2. The highest BCUT2D eigenvalue weighted by Crippen LogP contribution is 2.27. The Labute approximate surface area is 86.5 Å². The molecule has 3 nitrogen and oxygen atoms in total. The second-order valence-corrected chi connectivity index (χ2v) is 3.77. The maximum atomic E-state index is 5.95. The molecule has 2 heterocycles. The van der Waals surface area contributed by atoms with Gasteiger partial charge in [0.2, 0.25) is 5.28 Å². The fourth-order valence-electron chi connectivity index (χ4n) is 1.52. The molecule has 70 valence electrons. The molecule has 0 aliphatic carbocycles. The van der Waals surface area contributed by atoms with Crippen molar-refractivity contribution in [3.63, 3.8) is 0 Å². The summed E-state index contributed by atoms with van der Waals surface area (Å²) in [5, 5.41) is 4.15. The van der Waals surface area contributed by atoms with Gasteiger partial charge in [-0.1, -0.05) is 11.6 Å². The van der Waals surface area contributed by atoms with Crippen LogP contribution in [0.1, 0.15) is 24.6 Å². The molecule has 0 saturated carbocycles. The quantitative estimate of drug-likeness (QED) is 0.734. The molecule has 1 saturated heterocycles. The van der Waals surface area contributed by atoms with E-state index in [2.05, 4.69) is 15.3 Å². The van der Waals surface area contributed by atoms with Gasteiger partial charge >= 0.3 is 0 Å². The van der Waals surface area contributed by atoms with Crippen LogP contribution in [0.5, 0.6) is 0 Å². The van der Waals surface area contributed by atoms with Crippen molar-refractivity contribution in [2.75, 3.05) is 6.54 Å². The SMILES string of the molecule is Clc1ncc(Cl)c([C@@H]2CCCN2)n1. The predicted octanol–water partition coefficient (Wildman–Crippen LogP) is 2.21. The third-order valence-corrected chi connectivity index (χ3v) is 2.61. The van der Waals surface area contributed by atoms with Crippen LogP contribution in [0.3, 0.4) is 0 Å². The van der Waals surface area contributed by atoms with Gasteiger partial charge < -0.3 is 5.32 Å². The van der Waals surface area contributed by atoms with Crippen molar-refractivity contribution < 1.29 is 0 Å². The standard InChI is InChI=1S/C8H9Cl2N3/c9-5-4-12-8(10)13-7(5)6-2-1-3-11-6/h4,6,11H,1-3H2/t6-/m0/s1. The molecule has 0 spiro atoms. The highest BCUT2D eigenvalue weighted by molar-refractivity contribution is 6.32. The van der Waals surface area contributed by atoms with Crippen LogP contribution in [0.15, 0.2) is 6.20 Å². The Kier molecular flexibility index (Phi) is 2.67. The molecule has 5 heteroatoms. The Balaban J connectivity index is 2.32. The van der Waals surface area contributed by atoms with Crippen LogP contribution >= 0.6 is 23.2 Å². The van der Waals surface area contributed by atoms with Crippen LogP contribution < -0.4 is 5.32 Å². The van der Waals surface area contributed by atoms with E-state index in [0.717, 1.165) is 25.1 Å². The average Bonchev–Trinajstić information content (AvgIpc) is 2.61. The Hall–Kier alpha value is -0.380. The molecule has 1 fully saturated rings. The topological polar surface area (TPSA) is 37.8 Å². The highest BCUT2D eigenvalue weighted by Gasteiger charge is 2.20. The molecule has 1 aromatic heterocycles. The molecule has 0 aromatic carbocycles. The lowest BCUT2D eigenvalue weighted by Gasteiger charge is -2.10. The normalized spacial score (nSPS) is 22.2. The van der Waals surface area contributed by atoms with E-state index in [1.807, 2.05) is 0 Å². The molecule has 0 unspecified atom stereocenters. The first-order valence-corrected chi connectivity index (χ1v) is 4.94. The number of hydrogen-bond acceptors (Lipinski definition) is 3. The van der Waals surface area contributed by atoms with Gasteiger partial charge in [0.05, 0.1) is 23.0 Å². The summed E-state index contributed by atoms with van der Waals surface area (Å²) in [5.41, 5.74) is 0.819. The molecule has 0 radical (unpaired) electrons. The Morgan fingerprint density at radius 3 is 3.00 bits per heavy atom. The lowest BCUT2D eigenvalue weighted by molar-refractivity contribution is 0.626. The van der Waals surface area contributed by atoms with Gasteiger partial charge in [-0.2, -0.15) is 0 Å². The molecule has 0 bridgehead atoms. The largest absolute Gasteiger partial charge is 0.309 e. The molecule has 2 rings (SSSR count). The average molecular weight is 218 g/mol. The van der Waals surface area contributed by atoms with E-state index < -0.39 is 0 Å². The molecule has 1 aromatic rings. The molecule has 1 aliphatic rings. The van der Waals surface area contributed by atoms with Crippen LogP contribution in [-0.2, 0) is 0 Å². The van der Waals surface area contributed by atoms with Crippen molar-refractivity contribution in [1.82, 2.24) is 15.3 Å². The monoisotopic (exact) mass is 217 g/mol.